The third-order valence-electron chi connectivity index (χ3n) is 3.25. The highest BCUT2D eigenvalue weighted by molar-refractivity contribution is 6.02. The van der Waals surface area contributed by atoms with E-state index in [0.717, 1.165) is 5.69 Å². The Hall–Kier alpha value is -2.11. The van der Waals surface area contributed by atoms with Crippen LogP contribution in [0, 0.1) is 0 Å². The molecule has 0 radical (unpaired) electrons. The molecule has 6 heteroatoms. The number of amides is 1. The number of carbonyl (C=O) groups excluding carboxylic acids is 1. The number of carbonyl (C=O) groups is 1. The number of hydrogen-bond acceptors (Lipinski definition) is 3. The lowest BCUT2D eigenvalue weighted by atomic mass is 10.2. The van der Waals surface area contributed by atoms with E-state index in [1.54, 1.807) is 16.9 Å². The van der Waals surface area contributed by atoms with Gasteiger partial charge in [-0.2, -0.15) is 10.2 Å². The van der Waals surface area contributed by atoms with Gasteiger partial charge >= 0.3 is 0 Å². The number of H-pyrrole nitrogens is 1. The van der Waals surface area contributed by atoms with Gasteiger partial charge < -0.3 is 5.32 Å². The lowest BCUT2D eigenvalue weighted by Gasteiger charge is -2.10. The number of anilines is 1. The van der Waals surface area contributed by atoms with Gasteiger partial charge in [-0.15, -0.1) is 0 Å². The molecule has 2 aromatic rings. The van der Waals surface area contributed by atoms with Crippen LogP contribution < -0.4 is 5.32 Å². The highest BCUT2D eigenvalue weighted by Gasteiger charge is 2.26. The zero-order chi connectivity index (χ0) is 13.4. The first kappa shape index (κ1) is 12.0. The molecule has 0 saturated heterocycles. The second-order valence-corrected chi connectivity index (χ2v) is 5.19. The van der Waals surface area contributed by atoms with Gasteiger partial charge in [0, 0.05) is 23.7 Å². The Morgan fingerprint density at radius 1 is 1.53 bits per heavy atom. The average molecular weight is 259 g/mol. The van der Waals surface area contributed by atoms with E-state index in [4.69, 9.17) is 0 Å². The molecule has 6 nitrogen and oxygen atoms in total. The van der Waals surface area contributed by atoms with E-state index in [1.807, 2.05) is 19.9 Å². The molecule has 0 unspecified atom stereocenters. The molecule has 19 heavy (non-hydrogen) atoms. The van der Waals surface area contributed by atoms with Crippen molar-refractivity contribution in [2.24, 2.45) is 0 Å². The van der Waals surface area contributed by atoms with Crippen molar-refractivity contribution in [3.63, 3.8) is 0 Å². The molecule has 1 amide bonds. The molecule has 3 rings (SSSR count). The summed E-state index contributed by atoms with van der Waals surface area (Å²) in [6.45, 7) is 4.03. The Labute approximate surface area is 111 Å². The number of rotatable bonds is 4. The number of aromatic amines is 1. The second kappa shape index (κ2) is 4.53. The zero-order valence-electron chi connectivity index (χ0n) is 11.1. The fraction of sp³-hybridized carbons (Fsp3) is 0.462. The Balaban J connectivity index is 1.74. The van der Waals surface area contributed by atoms with Crippen LogP contribution >= 0.6 is 0 Å². The van der Waals surface area contributed by atoms with Crippen molar-refractivity contribution in [1.82, 2.24) is 20.0 Å². The first-order valence-corrected chi connectivity index (χ1v) is 6.55. The largest absolute Gasteiger partial charge is 0.305 e. The molecule has 2 N–H and O–H groups in total. The van der Waals surface area contributed by atoms with Crippen molar-refractivity contribution in [3.8, 4) is 0 Å². The standard InChI is InChI=1S/C13H17N5O/c1-8(2)18-12(5-6-14-18)15-13(19)11-7-10(16-17-11)9-3-4-9/h5-9H,3-4H2,1-2H3,(H,15,19)(H,16,17). The van der Waals surface area contributed by atoms with Gasteiger partial charge in [-0.3, -0.25) is 9.89 Å². The Morgan fingerprint density at radius 2 is 2.32 bits per heavy atom. The molecule has 2 heterocycles. The average Bonchev–Trinajstić information content (AvgIpc) is 2.92. The minimum Gasteiger partial charge on any atom is -0.305 e. The molecule has 1 saturated carbocycles. The quantitative estimate of drug-likeness (QED) is 0.884. The van der Waals surface area contributed by atoms with E-state index in [1.165, 1.54) is 12.8 Å². The topological polar surface area (TPSA) is 75.6 Å². The van der Waals surface area contributed by atoms with Gasteiger partial charge in [0.2, 0.25) is 0 Å². The summed E-state index contributed by atoms with van der Waals surface area (Å²) in [5.41, 5.74) is 1.49. The van der Waals surface area contributed by atoms with E-state index in [-0.39, 0.29) is 11.9 Å². The smallest absolute Gasteiger partial charge is 0.277 e. The highest BCUT2D eigenvalue weighted by atomic mass is 16.2. The molecule has 1 aliphatic rings. The normalized spacial score (nSPS) is 14.9. The summed E-state index contributed by atoms with van der Waals surface area (Å²) in [5, 5.41) is 14.0. The zero-order valence-corrected chi connectivity index (χ0v) is 11.1. The number of hydrogen-bond donors (Lipinski definition) is 2. The fourth-order valence-electron chi connectivity index (χ4n) is 2.06. The van der Waals surface area contributed by atoms with Gasteiger partial charge in [0.15, 0.2) is 5.69 Å². The summed E-state index contributed by atoms with van der Waals surface area (Å²) in [5.74, 6) is 1.05. The Morgan fingerprint density at radius 3 is 3.00 bits per heavy atom. The van der Waals surface area contributed by atoms with E-state index in [9.17, 15) is 4.79 Å². The minimum atomic E-state index is -0.203. The van der Waals surface area contributed by atoms with Gasteiger partial charge in [-0.1, -0.05) is 0 Å². The molecule has 0 aromatic carbocycles. The summed E-state index contributed by atoms with van der Waals surface area (Å²) in [4.78, 5) is 12.1. The first-order valence-electron chi connectivity index (χ1n) is 6.55. The third-order valence-corrected chi connectivity index (χ3v) is 3.25. The molecule has 0 spiro atoms. The van der Waals surface area contributed by atoms with Crippen molar-refractivity contribution < 1.29 is 4.79 Å². The molecular weight excluding hydrogens is 242 g/mol. The number of nitrogens with zero attached hydrogens (tertiary/aromatic N) is 3. The summed E-state index contributed by atoms with van der Waals surface area (Å²) >= 11 is 0. The fourth-order valence-corrected chi connectivity index (χ4v) is 2.06. The maximum Gasteiger partial charge on any atom is 0.277 e. The van der Waals surface area contributed by atoms with Crippen LogP contribution in [-0.4, -0.2) is 25.9 Å². The van der Waals surface area contributed by atoms with Crippen LogP contribution in [0.3, 0.4) is 0 Å². The monoisotopic (exact) mass is 259 g/mol. The SMILES string of the molecule is CC(C)n1nccc1NC(=O)c1cc(C2CC2)[nH]n1. The van der Waals surface area contributed by atoms with E-state index in [2.05, 4.69) is 20.6 Å². The maximum absolute atomic E-state index is 12.1. The van der Waals surface area contributed by atoms with E-state index < -0.39 is 0 Å². The first-order chi connectivity index (χ1) is 9.15. The maximum atomic E-state index is 12.1. The molecule has 2 aromatic heterocycles. The summed E-state index contributed by atoms with van der Waals surface area (Å²) in [6.07, 6.45) is 4.04. The van der Waals surface area contributed by atoms with Gasteiger partial charge in [-0.05, 0) is 32.8 Å². The van der Waals surface area contributed by atoms with Crippen LogP contribution in [0.15, 0.2) is 18.3 Å². The lowest BCUT2D eigenvalue weighted by Crippen LogP contribution is -2.17. The molecule has 1 fully saturated rings. The van der Waals surface area contributed by atoms with Gasteiger partial charge in [-0.25, -0.2) is 4.68 Å². The van der Waals surface area contributed by atoms with Crippen LogP contribution in [0.1, 0.15) is 54.8 Å². The molecular formula is C13H17N5O. The van der Waals surface area contributed by atoms with Crippen LogP contribution in [0.2, 0.25) is 0 Å². The van der Waals surface area contributed by atoms with Crippen molar-refractivity contribution >= 4 is 11.7 Å². The van der Waals surface area contributed by atoms with Crippen LogP contribution in [-0.2, 0) is 0 Å². The third kappa shape index (κ3) is 2.38. The predicted molar refractivity (Wildman–Crippen MR) is 71.1 cm³/mol. The molecule has 100 valence electrons. The van der Waals surface area contributed by atoms with Gasteiger partial charge in [0.05, 0.1) is 6.20 Å². The van der Waals surface area contributed by atoms with Crippen LogP contribution in [0.4, 0.5) is 5.82 Å². The van der Waals surface area contributed by atoms with E-state index >= 15 is 0 Å². The van der Waals surface area contributed by atoms with Crippen molar-refractivity contribution in [3.05, 3.63) is 29.7 Å². The van der Waals surface area contributed by atoms with Crippen molar-refractivity contribution in [1.29, 1.82) is 0 Å². The summed E-state index contributed by atoms with van der Waals surface area (Å²) in [6, 6.07) is 3.82. The molecule has 0 bridgehead atoms. The molecule has 0 atom stereocenters. The minimum absolute atomic E-state index is 0.200. The van der Waals surface area contributed by atoms with Crippen LogP contribution in [0.5, 0.6) is 0 Å². The van der Waals surface area contributed by atoms with Crippen LogP contribution in [0.25, 0.3) is 0 Å². The van der Waals surface area contributed by atoms with Gasteiger partial charge in [0.1, 0.15) is 5.82 Å². The van der Waals surface area contributed by atoms with E-state index in [0.29, 0.717) is 17.4 Å². The summed E-state index contributed by atoms with van der Waals surface area (Å²) in [7, 11) is 0. The van der Waals surface area contributed by atoms with Crippen molar-refractivity contribution in [2.75, 3.05) is 5.32 Å². The Kier molecular flexibility index (Phi) is 2.85. The predicted octanol–water partition coefficient (Wildman–Crippen LogP) is 2.32. The second-order valence-electron chi connectivity index (χ2n) is 5.19. The summed E-state index contributed by atoms with van der Waals surface area (Å²) < 4.78 is 1.77. The molecule has 0 aliphatic heterocycles. The highest BCUT2D eigenvalue weighted by Crippen LogP contribution is 2.39. The van der Waals surface area contributed by atoms with Crippen molar-refractivity contribution in [2.45, 2.75) is 38.6 Å². The number of nitrogens with one attached hydrogen (secondary N) is 2. The Bertz CT molecular complexity index is 594. The van der Waals surface area contributed by atoms with Gasteiger partial charge in [0.25, 0.3) is 5.91 Å². The lowest BCUT2D eigenvalue weighted by molar-refractivity contribution is 0.102. The molecule has 1 aliphatic carbocycles. The number of aromatic nitrogens is 4.